The Labute approximate surface area is 76.2 Å². The molecule has 4 N–H and O–H groups in total. The maximum atomic E-state index is 8.93. The van der Waals surface area contributed by atoms with E-state index in [9.17, 15) is 0 Å². The second-order valence-corrected chi connectivity index (χ2v) is 3.08. The summed E-state index contributed by atoms with van der Waals surface area (Å²) >= 11 is 0. The number of hydrogen-bond donors (Lipinski definition) is 3. The Bertz CT molecular complexity index is 408. The van der Waals surface area contributed by atoms with Gasteiger partial charge in [-0.15, -0.1) is 0 Å². The van der Waals surface area contributed by atoms with Crippen molar-refractivity contribution in [2.75, 3.05) is 6.61 Å². The lowest BCUT2D eigenvalue weighted by Crippen LogP contribution is -2.13. The highest BCUT2D eigenvalue weighted by molar-refractivity contribution is 5.83. The molecule has 0 aliphatic heterocycles. The normalized spacial score (nSPS) is 13.4. The average Bonchev–Trinajstić information content (AvgIpc) is 2.60. The monoisotopic (exact) mass is 176 g/mol. The third kappa shape index (κ3) is 1.32. The Morgan fingerprint density at radius 3 is 2.92 bits per heavy atom. The molecule has 0 radical (unpaired) electrons. The number of H-pyrrole nitrogens is 1. The van der Waals surface area contributed by atoms with Crippen LogP contribution in [0, 0.1) is 0 Å². The van der Waals surface area contributed by atoms with Crippen LogP contribution in [-0.2, 0) is 0 Å². The standard InChI is InChI=1S/C10H12N2O/c11-9(6-13)8-5-12-10-4-2-1-3-7(8)10/h1-5,9,12-13H,6,11H2/t9-/m1/s1. The van der Waals surface area contributed by atoms with E-state index in [2.05, 4.69) is 4.98 Å². The Kier molecular flexibility index (Phi) is 2.04. The van der Waals surface area contributed by atoms with Crippen LogP contribution in [0.5, 0.6) is 0 Å². The van der Waals surface area contributed by atoms with Crippen LogP contribution in [0.25, 0.3) is 10.9 Å². The van der Waals surface area contributed by atoms with E-state index in [1.807, 2.05) is 30.5 Å². The molecule has 0 saturated carbocycles. The van der Waals surface area contributed by atoms with Crippen LogP contribution in [0.4, 0.5) is 0 Å². The van der Waals surface area contributed by atoms with Crippen molar-refractivity contribution in [1.29, 1.82) is 0 Å². The highest BCUT2D eigenvalue weighted by Crippen LogP contribution is 2.21. The molecule has 2 aromatic rings. The van der Waals surface area contributed by atoms with Crippen LogP contribution >= 0.6 is 0 Å². The summed E-state index contributed by atoms with van der Waals surface area (Å²) in [6.07, 6.45) is 1.85. The molecule has 1 atom stereocenters. The molecule has 0 amide bonds. The molecule has 1 heterocycles. The number of aliphatic hydroxyl groups is 1. The van der Waals surface area contributed by atoms with Crippen molar-refractivity contribution < 1.29 is 5.11 Å². The number of aliphatic hydroxyl groups excluding tert-OH is 1. The van der Waals surface area contributed by atoms with Crippen molar-refractivity contribution in [3.8, 4) is 0 Å². The van der Waals surface area contributed by atoms with Crippen molar-refractivity contribution >= 4 is 10.9 Å². The number of aromatic amines is 1. The molecule has 1 aromatic heterocycles. The van der Waals surface area contributed by atoms with E-state index in [0.717, 1.165) is 16.5 Å². The van der Waals surface area contributed by atoms with Gasteiger partial charge in [0.2, 0.25) is 0 Å². The van der Waals surface area contributed by atoms with Crippen LogP contribution in [0.15, 0.2) is 30.5 Å². The molecule has 68 valence electrons. The summed E-state index contributed by atoms with van der Waals surface area (Å²) in [6.45, 7) is -0.0259. The quantitative estimate of drug-likeness (QED) is 0.643. The summed E-state index contributed by atoms with van der Waals surface area (Å²) < 4.78 is 0. The first-order chi connectivity index (χ1) is 6.33. The van der Waals surface area contributed by atoms with Gasteiger partial charge in [0.1, 0.15) is 0 Å². The molecule has 0 spiro atoms. The molecule has 3 nitrogen and oxygen atoms in total. The molecular weight excluding hydrogens is 164 g/mol. The lowest BCUT2D eigenvalue weighted by Gasteiger charge is -2.05. The first kappa shape index (κ1) is 8.29. The van der Waals surface area contributed by atoms with Gasteiger partial charge in [-0.25, -0.2) is 0 Å². The zero-order valence-corrected chi connectivity index (χ0v) is 7.20. The van der Waals surface area contributed by atoms with Gasteiger partial charge in [0.05, 0.1) is 12.6 Å². The molecule has 1 aromatic carbocycles. The number of nitrogens with one attached hydrogen (secondary N) is 1. The summed E-state index contributed by atoms with van der Waals surface area (Å²) in [6, 6.07) is 7.62. The number of aromatic nitrogens is 1. The average molecular weight is 176 g/mol. The molecule has 0 aliphatic rings. The highest BCUT2D eigenvalue weighted by Gasteiger charge is 2.09. The summed E-state index contributed by atoms with van der Waals surface area (Å²) in [5.74, 6) is 0. The van der Waals surface area contributed by atoms with Crippen LogP contribution in [0.1, 0.15) is 11.6 Å². The zero-order chi connectivity index (χ0) is 9.26. The maximum Gasteiger partial charge on any atom is 0.0625 e. The van der Waals surface area contributed by atoms with Crippen molar-refractivity contribution in [1.82, 2.24) is 4.98 Å². The van der Waals surface area contributed by atoms with E-state index in [1.165, 1.54) is 0 Å². The summed E-state index contributed by atoms with van der Waals surface area (Å²) in [7, 11) is 0. The second kappa shape index (κ2) is 3.20. The minimum atomic E-state index is -0.295. The number of para-hydroxylation sites is 1. The predicted molar refractivity (Wildman–Crippen MR) is 52.3 cm³/mol. The lowest BCUT2D eigenvalue weighted by molar-refractivity contribution is 0.268. The van der Waals surface area contributed by atoms with Crippen LogP contribution in [-0.4, -0.2) is 16.7 Å². The Morgan fingerprint density at radius 2 is 2.15 bits per heavy atom. The third-order valence-corrected chi connectivity index (χ3v) is 2.22. The van der Waals surface area contributed by atoms with Crippen LogP contribution < -0.4 is 5.73 Å². The Balaban J connectivity index is 2.57. The molecule has 0 aliphatic carbocycles. The molecule has 2 rings (SSSR count). The lowest BCUT2D eigenvalue weighted by atomic mass is 10.1. The number of benzene rings is 1. The van der Waals surface area contributed by atoms with Crippen LogP contribution in [0.3, 0.4) is 0 Å². The number of fused-ring (bicyclic) bond motifs is 1. The van der Waals surface area contributed by atoms with Crippen molar-refractivity contribution in [3.05, 3.63) is 36.0 Å². The fourth-order valence-corrected chi connectivity index (χ4v) is 1.50. The number of rotatable bonds is 2. The van der Waals surface area contributed by atoms with E-state index in [1.54, 1.807) is 0 Å². The summed E-state index contributed by atoms with van der Waals surface area (Å²) in [5, 5.41) is 10.0. The minimum absolute atomic E-state index is 0.0259. The number of hydrogen-bond acceptors (Lipinski definition) is 2. The van der Waals surface area contributed by atoms with Gasteiger partial charge < -0.3 is 15.8 Å². The van der Waals surface area contributed by atoms with E-state index in [4.69, 9.17) is 10.8 Å². The molecule has 13 heavy (non-hydrogen) atoms. The predicted octanol–water partition coefficient (Wildman–Crippen LogP) is 1.16. The van der Waals surface area contributed by atoms with Gasteiger partial charge in [-0.05, 0) is 11.6 Å². The van der Waals surface area contributed by atoms with E-state index in [0.29, 0.717) is 0 Å². The van der Waals surface area contributed by atoms with Gasteiger partial charge in [0.15, 0.2) is 0 Å². The SMILES string of the molecule is N[C@H](CO)c1c[nH]c2ccccc12. The molecule has 0 bridgehead atoms. The van der Waals surface area contributed by atoms with Crippen molar-refractivity contribution in [2.45, 2.75) is 6.04 Å². The topological polar surface area (TPSA) is 62.0 Å². The van der Waals surface area contributed by atoms with E-state index < -0.39 is 0 Å². The Morgan fingerprint density at radius 1 is 1.38 bits per heavy atom. The second-order valence-electron chi connectivity index (χ2n) is 3.08. The first-order valence-electron chi connectivity index (χ1n) is 4.25. The first-order valence-corrected chi connectivity index (χ1v) is 4.25. The molecule has 0 saturated heterocycles. The maximum absolute atomic E-state index is 8.93. The fraction of sp³-hybridized carbons (Fsp3) is 0.200. The van der Waals surface area contributed by atoms with Gasteiger partial charge >= 0.3 is 0 Å². The Hall–Kier alpha value is -1.32. The summed E-state index contributed by atoms with van der Waals surface area (Å²) in [5.41, 5.74) is 7.76. The molecular formula is C10H12N2O. The molecule has 0 unspecified atom stereocenters. The van der Waals surface area contributed by atoms with Crippen LogP contribution in [0.2, 0.25) is 0 Å². The largest absolute Gasteiger partial charge is 0.394 e. The van der Waals surface area contributed by atoms with Gasteiger partial charge in [0, 0.05) is 17.1 Å². The minimum Gasteiger partial charge on any atom is -0.394 e. The number of nitrogens with two attached hydrogens (primary N) is 1. The van der Waals surface area contributed by atoms with Gasteiger partial charge in [-0.2, -0.15) is 0 Å². The van der Waals surface area contributed by atoms with E-state index >= 15 is 0 Å². The fourth-order valence-electron chi connectivity index (χ4n) is 1.50. The van der Waals surface area contributed by atoms with Gasteiger partial charge in [0.25, 0.3) is 0 Å². The molecule has 3 heteroatoms. The molecule has 0 fully saturated rings. The summed E-state index contributed by atoms with van der Waals surface area (Å²) in [4.78, 5) is 3.11. The third-order valence-electron chi connectivity index (χ3n) is 2.22. The van der Waals surface area contributed by atoms with E-state index in [-0.39, 0.29) is 12.6 Å². The zero-order valence-electron chi connectivity index (χ0n) is 7.20. The van der Waals surface area contributed by atoms with Crippen molar-refractivity contribution in [2.24, 2.45) is 5.73 Å². The van der Waals surface area contributed by atoms with Gasteiger partial charge in [-0.1, -0.05) is 18.2 Å². The highest BCUT2D eigenvalue weighted by atomic mass is 16.3. The van der Waals surface area contributed by atoms with Gasteiger partial charge in [-0.3, -0.25) is 0 Å². The van der Waals surface area contributed by atoms with Crippen molar-refractivity contribution in [3.63, 3.8) is 0 Å². The smallest absolute Gasteiger partial charge is 0.0625 e.